The molecule has 1 aromatic rings. The van der Waals surface area contributed by atoms with E-state index in [9.17, 15) is 5.11 Å². The lowest BCUT2D eigenvalue weighted by atomic mass is 9.97. The Balaban J connectivity index is 1.74. The fraction of sp³-hybridized carbons (Fsp3) is 0.667. The van der Waals surface area contributed by atoms with Crippen LogP contribution in [-0.2, 0) is 0 Å². The maximum absolute atomic E-state index is 9.34. The number of aliphatic hydroxyl groups excluding tert-OH is 1. The van der Waals surface area contributed by atoms with E-state index in [1.54, 1.807) is 0 Å². The number of aromatic nitrogens is 1. The van der Waals surface area contributed by atoms with E-state index in [1.807, 2.05) is 12.1 Å². The molecule has 3 heterocycles. The van der Waals surface area contributed by atoms with Gasteiger partial charge < -0.3 is 14.6 Å². The standard InChI is InChI=1S/C15H22N2O3/c1-11(17-6-2-3-12(9-17)10-18)13-4-5-14-15(16-13)20-8-7-19-14/h4-5,11-12,18H,2-3,6-10H2,1H3. The SMILES string of the molecule is CC(c1ccc2c(n1)OCCO2)N1CCCC(CO)C1. The maximum Gasteiger partial charge on any atom is 0.257 e. The number of nitrogens with zero attached hydrogens (tertiary/aromatic N) is 2. The molecule has 20 heavy (non-hydrogen) atoms. The molecule has 2 atom stereocenters. The number of hydrogen-bond acceptors (Lipinski definition) is 5. The summed E-state index contributed by atoms with van der Waals surface area (Å²) in [6, 6.07) is 4.20. The number of likely N-dealkylation sites (tertiary alicyclic amines) is 1. The molecule has 1 aromatic heterocycles. The number of aliphatic hydroxyl groups is 1. The van der Waals surface area contributed by atoms with Crippen LogP contribution in [0.25, 0.3) is 0 Å². The van der Waals surface area contributed by atoms with E-state index in [-0.39, 0.29) is 12.6 Å². The van der Waals surface area contributed by atoms with Crippen LogP contribution < -0.4 is 9.47 Å². The summed E-state index contributed by atoms with van der Waals surface area (Å²) in [5.74, 6) is 1.74. The molecule has 110 valence electrons. The van der Waals surface area contributed by atoms with E-state index in [2.05, 4.69) is 16.8 Å². The van der Waals surface area contributed by atoms with Crippen LogP contribution in [0.1, 0.15) is 31.5 Å². The number of rotatable bonds is 3. The lowest BCUT2D eigenvalue weighted by Crippen LogP contribution is -2.38. The second kappa shape index (κ2) is 5.97. The molecule has 5 nitrogen and oxygen atoms in total. The number of fused-ring (bicyclic) bond motifs is 1. The highest BCUT2D eigenvalue weighted by Crippen LogP contribution is 2.32. The normalized spacial score (nSPS) is 24.4. The first-order valence-electron chi connectivity index (χ1n) is 7.39. The molecular weight excluding hydrogens is 256 g/mol. The van der Waals surface area contributed by atoms with E-state index < -0.39 is 0 Å². The van der Waals surface area contributed by atoms with E-state index in [1.165, 1.54) is 0 Å². The minimum Gasteiger partial charge on any atom is -0.484 e. The predicted octanol–water partition coefficient (Wildman–Crippen LogP) is 1.62. The highest BCUT2D eigenvalue weighted by Gasteiger charge is 2.25. The molecular formula is C15H22N2O3. The topological polar surface area (TPSA) is 54.8 Å². The van der Waals surface area contributed by atoms with Gasteiger partial charge >= 0.3 is 0 Å². The van der Waals surface area contributed by atoms with E-state index in [4.69, 9.17) is 9.47 Å². The van der Waals surface area contributed by atoms with Gasteiger partial charge in [0.25, 0.3) is 5.88 Å². The van der Waals surface area contributed by atoms with Crippen molar-refractivity contribution in [3.63, 3.8) is 0 Å². The monoisotopic (exact) mass is 278 g/mol. The van der Waals surface area contributed by atoms with Crippen LogP contribution in [0.2, 0.25) is 0 Å². The van der Waals surface area contributed by atoms with Gasteiger partial charge in [-0.25, -0.2) is 4.98 Å². The average Bonchev–Trinajstić information content (AvgIpc) is 2.53. The van der Waals surface area contributed by atoms with Crippen molar-refractivity contribution in [2.75, 3.05) is 32.9 Å². The van der Waals surface area contributed by atoms with Crippen LogP contribution in [-0.4, -0.2) is 47.9 Å². The Kier molecular flexibility index (Phi) is 4.08. The molecule has 0 spiro atoms. The van der Waals surface area contributed by atoms with Crippen molar-refractivity contribution in [1.29, 1.82) is 0 Å². The highest BCUT2D eigenvalue weighted by molar-refractivity contribution is 5.36. The van der Waals surface area contributed by atoms with Crippen LogP contribution >= 0.6 is 0 Å². The minimum atomic E-state index is 0.236. The van der Waals surface area contributed by atoms with Crippen LogP contribution in [0.3, 0.4) is 0 Å². The van der Waals surface area contributed by atoms with Crippen LogP contribution in [0.5, 0.6) is 11.6 Å². The third-order valence-electron chi connectivity index (χ3n) is 4.21. The zero-order valence-electron chi connectivity index (χ0n) is 11.9. The molecule has 0 aliphatic carbocycles. The zero-order chi connectivity index (χ0) is 13.9. The van der Waals surface area contributed by atoms with Crippen molar-refractivity contribution in [2.24, 2.45) is 5.92 Å². The van der Waals surface area contributed by atoms with Crippen LogP contribution in [0.15, 0.2) is 12.1 Å². The maximum atomic E-state index is 9.34. The number of piperidine rings is 1. The molecule has 2 aliphatic rings. The largest absolute Gasteiger partial charge is 0.484 e. The smallest absolute Gasteiger partial charge is 0.257 e. The molecule has 1 fully saturated rings. The van der Waals surface area contributed by atoms with Crippen LogP contribution in [0, 0.1) is 5.92 Å². The molecule has 0 radical (unpaired) electrons. The second-order valence-corrected chi connectivity index (χ2v) is 5.60. The predicted molar refractivity (Wildman–Crippen MR) is 75.0 cm³/mol. The van der Waals surface area contributed by atoms with Crippen molar-refractivity contribution in [2.45, 2.75) is 25.8 Å². The number of hydrogen-bond donors (Lipinski definition) is 1. The Bertz CT molecular complexity index is 466. The first kappa shape index (κ1) is 13.6. The molecule has 5 heteroatoms. The summed E-state index contributed by atoms with van der Waals surface area (Å²) in [5.41, 5.74) is 1.01. The minimum absolute atomic E-state index is 0.236. The van der Waals surface area contributed by atoms with Crippen LogP contribution in [0.4, 0.5) is 0 Å². The summed E-state index contributed by atoms with van der Waals surface area (Å²) in [6.07, 6.45) is 2.26. The third kappa shape index (κ3) is 2.74. The van der Waals surface area contributed by atoms with Gasteiger partial charge in [0.2, 0.25) is 0 Å². The van der Waals surface area contributed by atoms with Crippen molar-refractivity contribution in [3.05, 3.63) is 17.8 Å². The van der Waals surface area contributed by atoms with E-state index in [0.717, 1.165) is 37.4 Å². The summed E-state index contributed by atoms with van der Waals surface area (Å²) in [6.45, 7) is 5.60. The fourth-order valence-electron chi connectivity index (χ4n) is 2.96. The van der Waals surface area contributed by atoms with Gasteiger partial charge in [0.05, 0.1) is 5.69 Å². The number of ether oxygens (including phenoxy) is 2. The third-order valence-corrected chi connectivity index (χ3v) is 4.21. The molecule has 2 aliphatic heterocycles. The Morgan fingerprint density at radius 1 is 1.40 bits per heavy atom. The van der Waals surface area contributed by atoms with E-state index in [0.29, 0.717) is 25.0 Å². The molecule has 3 rings (SSSR count). The van der Waals surface area contributed by atoms with Gasteiger partial charge in [-0.1, -0.05) is 0 Å². The van der Waals surface area contributed by atoms with Gasteiger partial charge in [-0.3, -0.25) is 4.90 Å². The Morgan fingerprint density at radius 2 is 2.25 bits per heavy atom. The lowest BCUT2D eigenvalue weighted by Gasteiger charge is -2.36. The summed E-state index contributed by atoms with van der Waals surface area (Å²) in [5, 5.41) is 9.34. The van der Waals surface area contributed by atoms with E-state index >= 15 is 0 Å². The lowest BCUT2D eigenvalue weighted by molar-refractivity contribution is 0.0913. The quantitative estimate of drug-likeness (QED) is 0.910. The Labute approximate surface area is 119 Å². The molecule has 0 bridgehead atoms. The van der Waals surface area contributed by atoms with Gasteiger partial charge in [-0.15, -0.1) is 0 Å². The summed E-state index contributed by atoms with van der Waals surface area (Å²) in [4.78, 5) is 6.98. The Hall–Kier alpha value is -1.33. The van der Waals surface area contributed by atoms with Gasteiger partial charge in [0.1, 0.15) is 13.2 Å². The van der Waals surface area contributed by atoms with Crippen molar-refractivity contribution >= 4 is 0 Å². The van der Waals surface area contributed by atoms with Gasteiger partial charge in [0, 0.05) is 19.2 Å². The molecule has 0 aromatic carbocycles. The number of pyridine rings is 1. The Morgan fingerprint density at radius 3 is 3.10 bits per heavy atom. The molecule has 1 saturated heterocycles. The molecule has 0 amide bonds. The van der Waals surface area contributed by atoms with Gasteiger partial charge in [-0.05, 0) is 44.4 Å². The average molecular weight is 278 g/mol. The first-order chi connectivity index (χ1) is 9.78. The summed E-state index contributed by atoms with van der Waals surface area (Å²) < 4.78 is 11.1. The van der Waals surface area contributed by atoms with Gasteiger partial charge in [0.15, 0.2) is 5.75 Å². The van der Waals surface area contributed by atoms with Gasteiger partial charge in [-0.2, -0.15) is 0 Å². The molecule has 0 saturated carbocycles. The summed E-state index contributed by atoms with van der Waals surface area (Å²) in [7, 11) is 0. The van der Waals surface area contributed by atoms with Crippen molar-refractivity contribution in [1.82, 2.24) is 9.88 Å². The summed E-state index contributed by atoms with van der Waals surface area (Å²) >= 11 is 0. The van der Waals surface area contributed by atoms with Crippen molar-refractivity contribution < 1.29 is 14.6 Å². The first-order valence-corrected chi connectivity index (χ1v) is 7.39. The molecule has 1 N–H and O–H groups in total. The van der Waals surface area contributed by atoms with Crippen molar-refractivity contribution in [3.8, 4) is 11.6 Å². The zero-order valence-corrected chi connectivity index (χ0v) is 11.9. The fourth-order valence-corrected chi connectivity index (χ4v) is 2.96. The highest BCUT2D eigenvalue weighted by atomic mass is 16.6. The second-order valence-electron chi connectivity index (χ2n) is 5.60. The molecule has 2 unspecified atom stereocenters.